The Morgan fingerprint density at radius 2 is 1.94 bits per heavy atom. The van der Waals surface area contributed by atoms with Crippen LogP contribution in [0.5, 0.6) is 0 Å². The molecule has 1 aromatic heterocycles. The average Bonchev–Trinajstić information content (AvgIpc) is 2.67. The van der Waals surface area contributed by atoms with Gasteiger partial charge in [0.25, 0.3) is 0 Å². The van der Waals surface area contributed by atoms with Crippen LogP contribution >= 0.6 is 7.60 Å². The number of aromatic amines is 1. The van der Waals surface area contributed by atoms with E-state index in [1.807, 2.05) is 19.0 Å². The molecule has 0 aliphatic carbocycles. The molecule has 0 bridgehead atoms. The average molecular weight is 247 g/mol. The van der Waals surface area contributed by atoms with Crippen molar-refractivity contribution in [3.63, 3.8) is 0 Å². The van der Waals surface area contributed by atoms with E-state index in [2.05, 4.69) is 10.2 Å². The van der Waals surface area contributed by atoms with E-state index >= 15 is 0 Å². The molecule has 0 atom stereocenters. The van der Waals surface area contributed by atoms with Gasteiger partial charge in [-0.3, -0.25) is 9.66 Å². The summed E-state index contributed by atoms with van der Waals surface area (Å²) in [6, 6.07) is 0. The molecule has 92 valence electrons. The molecule has 7 heteroatoms. The van der Waals surface area contributed by atoms with Crippen molar-refractivity contribution in [3.05, 3.63) is 6.20 Å². The molecule has 0 saturated heterocycles. The highest BCUT2D eigenvalue weighted by molar-refractivity contribution is 7.62. The molecular weight excluding hydrogens is 229 g/mol. The third-order valence-corrected chi connectivity index (χ3v) is 4.03. The maximum Gasteiger partial charge on any atom is 0.381 e. The lowest BCUT2D eigenvalue weighted by molar-refractivity contribution is 0.229. The Labute approximate surface area is 95.5 Å². The molecule has 1 N–H and O–H groups in total. The summed E-state index contributed by atoms with van der Waals surface area (Å²) in [5, 5.41) is 6.57. The molecule has 0 aliphatic rings. The number of nitrogens with one attached hydrogen (secondary N) is 1. The molecule has 0 radical (unpaired) electrons. The number of rotatable bonds is 6. The minimum absolute atomic E-state index is 0.323. The molecule has 1 heterocycles. The Morgan fingerprint density at radius 1 is 1.38 bits per heavy atom. The van der Waals surface area contributed by atoms with Gasteiger partial charge in [0.15, 0.2) is 5.44 Å². The second kappa shape index (κ2) is 5.48. The van der Waals surface area contributed by atoms with Crippen LogP contribution in [-0.2, 0) is 13.6 Å². The Hall–Kier alpha value is -0.840. The van der Waals surface area contributed by atoms with Crippen molar-refractivity contribution in [2.75, 3.05) is 32.2 Å². The topological polar surface area (TPSA) is 67.5 Å². The number of nitrogens with zero attached hydrogens (tertiary/aromatic N) is 2. The summed E-state index contributed by atoms with van der Waals surface area (Å²) in [5.74, 6) is 0. The molecule has 1 aromatic rings. The summed E-state index contributed by atoms with van der Waals surface area (Å²) >= 11 is 0. The summed E-state index contributed by atoms with van der Waals surface area (Å²) in [6.45, 7) is 4.20. The zero-order valence-corrected chi connectivity index (χ0v) is 11.0. The fourth-order valence-electron chi connectivity index (χ4n) is 1.31. The Balaban J connectivity index is 3.10. The highest BCUT2D eigenvalue weighted by Gasteiger charge is 2.32. The lowest BCUT2D eigenvalue weighted by Crippen LogP contribution is -2.20. The monoisotopic (exact) mass is 247 g/mol. The standard InChI is InChI=1S/C9H18N3O3P/c1-5-14-16(13,15-6-2)9-8(12(3)4)7-10-11-9/h7H,5-6H2,1-4H3,(H,10,11). The van der Waals surface area contributed by atoms with Crippen molar-refractivity contribution in [2.45, 2.75) is 13.8 Å². The number of H-pyrrole nitrogens is 1. The van der Waals surface area contributed by atoms with Gasteiger partial charge in [-0.15, -0.1) is 0 Å². The molecule has 0 fully saturated rings. The molecule has 1 rings (SSSR count). The van der Waals surface area contributed by atoms with Gasteiger partial charge in [0.05, 0.1) is 25.1 Å². The van der Waals surface area contributed by atoms with Crippen molar-refractivity contribution >= 4 is 18.7 Å². The second-order valence-corrected chi connectivity index (χ2v) is 5.29. The lowest BCUT2D eigenvalue weighted by Gasteiger charge is -2.19. The Bertz CT molecular complexity index is 368. The molecule has 6 nitrogen and oxygen atoms in total. The maximum absolute atomic E-state index is 12.5. The fourth-order valence-corrected chi connectivity index (χ4v) is 3.04. The van der Waals surface area contributed by atoms with Gasteiger partial charge in [0.1, 0.15) is 0 Å². The summed E-state index contributed by atoms with van der Waals surface area (Å²) < 4.78 is 22.9. The van der Waals surface area contributed by atoms with Crippen LogP contribution in [0.1, 0.15) is 13.8 Å². The third kappa shape index (κ3) is 2.64. The van der Waals surface area contributed by atoms with Crippen LogP contribution in [0.15, 0.2) is 6.20 Å². The van der Waals surface area contributed by atoms with Crippen molar-refractivity contribution < 1.29 is 13.6 Å². The van der Waals surface area contributed by atoms with E-state index in [1.54, 1.807) is 20.0 Å². The molecule has 0 amide bonds. The molecule has 0 spiro atoms. The molecule has 0 aliphatic heterocycles. The van der Waals surface area contributed by atoms with Gasteiger partial charge in [-0.25, -0.2) is 0 Å². The SMILES string of the molecule is CCOP(=O)(OCC)c1[nH]ncc1N(C)C. The van der Waals surface area contributed by atoms with Crippen LogP contribution < -0.4 is 10.3 Å². The van der Waals surface area contributed by atoms with Gasteiger partial charge in [-0.2, -0.15) is 5.10 Å². The zero-order chi connectivity index (χ0) is 12.2. The largest absolute Gasteiger partial charge is 0.381 e. The van der Waals surface area contributed by atoms with E-state index in [0.29, 0.717) is 24.3 Å². The van der Waals surface area contributed by atoms with E-state index in [4.69, 9.17) is 9.05 Å². The predicted molar refractivity (Wildman–Crippen MR) is 63.4 cm³/mol. The van der Waals surface area contributed by atoms with Crippen molar-refractivity contribution in [3.8, 4) is 0 Å². The van der Waals surface area contributed by atoms with Crippen molar-refractivity contribution in [1.82, 2.24) is 10.2 Å². The van der Waals surface area contributed by atoms with Crippen LogP contribution in [0.3, 0.4) is 0 Å². The van der Waals surface area contributed by atoms with Gasteiger partial charge in [0, 0.05) is 14.1 Å². The smallest absolute Gasteiger partial charge is 0.374 e. The van der Waals surface area contributed by atoms with Crippen LogP contribution in [0, 0.1) is 0 Å². The highest BCUT2D eigenvalue weighted by Crippen LogP contribution is 2.48. The summed E-state index contributed by atoms with van der Waals surface area (Å²) in [4.78, 5) is 1.81. The molecule has 0 unspecified atom stereocenters. The van der Waals surface area contributed by atoms with E-state index in [-0.39, 0.29) is 0 Å². The summed E-state index contributed by atoms with van der Waals surface area (Å²) in [6.07, 6.45) is 1.60. The molecule has 0 saturated carbocycles. The number of hydrogen-bond acceptors (Lipinski definition) is 5. The normalized spacial score (nSPS) is 11.8. The first-order valence-corrected chi connectivity index (χ1v) is 6.69. The van der Waals surface area contributed by atoms with Crippen molar-refractivity contribution in [2.24, 2.45) is 0 Å². The van der Waals surface area contributed by atoms with Crippen molar-refractivity contribution in [1.29, 1.82) is 0 Å². The Kier molecular flexibility index (Phi) is 4.53. The van der Waals surface area contributed by atoms with Gasteiger partial charge in [0.2, 0.25) is 0 Å². The highest BCUT2D eigenvalue weighted by atomic mass is 31.2. The van der Waals surface area contributed by atoms with Gasteiger partial charge in [-0.05, 0) is 13.8 Å². The summed E-state index contributed by atoms with van der Waals surface area (Å²) in [5.41, 5.74) is 1.12. The van der Waals surface area contributed by atoms with Crippen LogP contribution in [0.2, 0.25) is 0 Å². The van der Waals surface area contributed by atoms with E-state index in [0.717, 1.165) is 0 Å². The Morgan fingerprint density at radius 3 is 2.38 bits per heavy atom. The predicted octanol–water partition coefficient (Wildman–Crippen LogP) is 1.37. The maximum atomic E-state index is 12.5. The molecular formula is C9H18N3O3P. The van der Waals surface area contributed by atoms with Crippen LogP contribution in [0.25, 0.3) is 0 Å². The van der Waals surface area contributed by atoms with Gasteiger partial charge in [-0.1, -0.05) is 0 Å². The van der Waals surface area contributed by atoms with E-state index < -0.39 is 7.60 Å². The zero-order valence-electron chi connectivity index (χ0n) is 10.1. The fraction of sp³-hybridized carbons (Fsp3) is 0.667. The number of aromatic nitrogens is 2. The quantitative estimate of drug-likeness (QED) is 0.769. The number of anilines is 1. The number of hydrogen-bond donors (Lipinski definition) is 1. The minimum Gasteiger partial charge on any atom is -0.374 e. The lowest BCUT2D eigenvalue weighted by atomic mass is 10.5. The molecule has 0 aromatic carbocycles. The summed E-state index contributed by atoms with van der Waals surface area (Å²) in [7, 11) is 0.413. The van der Waals surface area contributed by atoms with Crippen LogP contribution in [-0.4, -0.2) is 37.5 Å². The third-order valence-electron chi connectivity index (χ3n) is 1.95. The molecule has 16 heavy (non-hydrogen) atoms. The van der Waals surface area contributed by atoms with Gasteiger partial charge >= 0.3 is 7.60 Å². The first kappa shape index (κ1) is 13.2. The van der Waals surface area contributed by atoms with Crippen LogP contribution in [0.4, 0.5) is 5.69 Å². The van der Waals surface area contributed by atoms with E-state index in [9.17, 15) is 4.57 Å². The van der Waals surface area contributed by atoms with E-state index in [1.165, 1.54) is 0 Å². The van der Waals surface area contributed by atoms with Gasteiger partial charge < -0.3 is 13.9 Å². The second-order valence-electron chi connectivity index (χ2n) is 3.33. The minimum atomic E-state index is -3.28. The first-order chi connectivity index (χ1) is 7.55. The first-order valence-electron chi connectivity index (χ1n) is 5.15.